The summed E-state index contributed by atoms with van der Waals surface area (Å²) in [7, 11) is 0. The molecule has 0 fully saturated rings. The highest BCUT2D eigenvalue weighted by atomic mass is 16.6. The molecule has 134 valence electrons. The molecule has 10 heteroatoms. The van der Waals surface area contributed by atoms with Crippen molar-refractivity contribution in [3.8, 4) is 0 Å². The number of amides is 2. The predicted octanol–water partition coefficient (Wildman–Crippen LogP) is 1.05. The summed E-state index contributed by atoms with van der Waals surface area (Å²) >= 11 is 0. The molecule has 2 amide bonds. The van der Waals surface area contributed by atoms with Crippen LogP contribution in [0.2, 0.25) is 0 Å². The Morgan fingerprint density at radius 1 is 1.48 bits per heavy atom. The summed E-state index contributed by atoms with van der Waals surface area (Å²) in [6.07, 6.45) is 4.25. The van der Waals surface area contributed by atoms with Crippen molar-refractivity contribution in [3.63, 3.8) is 0 Å². The molecule has 0 aromatic carbocycles. The second kappa shape index (κ2) is 9.21. The number of nitrogens with zero attached hydrogens (tertiary/aromatic N) is 3. The van der Waals surface area contributed by atoms with E-state index in [0.717, 1.165) is 0 Å². The van der Waals surface area contributed by atoms with Crippen molar-refractivity contribution in [2.75, 3.05) is 6.54 Å². The standard InChI is InChI=1S/C15H19N5O5/c1-3-10(9(2)20(24)25)6-11(19-23)7-18-15(22)13-8-17-5-4-12(13)14(16)21/h4-6,8-9,11H,3,7H2,1-2H3,(H2,16,21)(H,18,22). The Hall–Kier alpha value is -3.17. The summed E-state index contributed by atoms with van der Waals surface area (Å²) in [4.78, 5) is 48.6. The van der Waals surface area contributed by atoms with Crippen molar-refractivity contribution >= 4 is 11.8 Å². The van der Waals surface area contributed by atoms with Gasteiger partial charge in [0.25, 0.3) is 5.91 Å². The monoisotopic (exact) mass is 349 g/mol. The van der Waals surface area contributed by atoms with Crippen LogP contribution in [0.5, 0.6) is 0 Å². The minimum Gasteiger partial charge on any atom is -0.366 e. The Bertz CT molecular complexity index is 703. The number of carbonyl (C=O) groups excluding carboxylic acids is 2. The van der Waals surface area contributed by atoms with Crippen LogP contribution in [-0.2, 0) is 0 Å². The molecule has 2 unspecified atom stereocenters. The maximum atomic E-state index is 12.2. The quantitative estimate of drug-likeness (QED) is 0.293. The summed E-state index contributed by atoms with van der Waals surface area (Å²) in [5.74, 6) is -1.44. The number of nitrogens with two attached hydrogens (primary N) is 1. The van der Waals surface area contributed by atoms with Gasteiger partial charge in [0.1, 0.15) is 6.04 Å². The zero-order chi connectivity index (χ0) is 19.0. The lowest BCUT2D eigenvalue weighted by Crippen LogP contribution is -2.32. The van der Waals surface area contributed by atoms with Gasteiger partial charge in [-0.25, -0.2) is 0 Å². The van der Waals surface area contributed by atoms with Gasteiger partial charge in [-0.05, 0) is 18.6 Å². The van der Waals surface area contributed by atoms with E-state index >= 15 is 0 Å². The fourth-order valence-electron chi connectivity index (χ4n) is 2.14. The average Bonchev–Trinajstić information content (AvgIpc) is 2.61. The van der Waals surface area contributed by atoms with Crippen LogP contribution in [0, 0.1) is 15.0 Å². The van der Waals surface area contributed by atoms with Gasteiger partial charge >= 0.3 is 0 Å². The van der Waals surface area contributed by atoms with E-state index in [1.807, 2.05) is 0 Å². The lowest BCUT2D eigenvalue weighted by atomic mass is 10.0. The van der Waals surface area contributed by atoms with Gasteiger partial charge in [-0.15, -0.1) is 0 Å². The van der Waals surface area contributed by atoms with Crippen LogP contribution in [-0.4, -0.2) is 40.4 Å². The molecule has 25 heavy (non-hydrogen) atoms. The summed E-state index contributed by atoms with van der Waals surface area (Å²) in [6.45, 7) is 2.95. The molecule has 0 aliphatic rings. The van der Waals surface area contributed by atoms with Crippen LogP contribution in [0.15, 0.2) is 35.3 Å². The average molecular weight is 349 g/mol. The Labute approximate surface area is 143 Å². The van der Waals surface area contributed by atoms with E-state index in [1.54, 1.807) is 6.92 Å². The fourth-order valence-corrected chi connectivity index (χ4v) is 2.14. The Balaban J connectivity index is 2.87. The fraction of sp³-hybridized carbons (Fsp3) is 0.400. The van der Waals surface area contributed by atoms with Crippen molar-refractivity contribution in [2.24, 2.45) is 10.9 Å². The zero-order valence-corrected chi connectivity index (χ0v) is 13.8. The molecule has 2 atom stereocenters. The van der Waals surface area contributed by atoms with Crippen molar-refractivity contribution in [1.82, 2.24) is 10.3 Å². The third-order valence-corrected chi connectivity index (χ3v) is 3.61. The lowest BCUT2D eigenvalue weighted by Gasteiger charge is -2.12. The number of carbonyl (C=O) groups is 2. The Morgan fingerprint density at radius 3 is 2.68 bits per heavy atom. The summed E-state index contributed by atoms with van der Waals surface area (Å²) in [5.41, 5.74) is 5.59. The second-order valence-electron chi connectivity index (χ2n) is 5.22. The van der Waals surface area contributed by atoms with Gasteiger partial charge in [0.15, 0.2) is 0 Å². The van der Waals surface area contributed by atoms with Gasteiger partial charge in [-0.3, -0.25) is 24.7 Å². The molecule has 1 rings (SSSR count). The van der Waals surface area contributed by atoms with Crippen LogP contribution >= 0.6 is 0 Å². The minimum absolute atomic E-state index is 0.00475. The van der Waals surface area contributed by atoms with Crippen LogP contribution in [0.1, 0.15) is 41.0 Å². The summed E-state index contributed by atoms with van der Waals surface area (Å²) < 4.78 is 0. The van der Waals surface area contributed by atoms with Crippen molar-refractivity contribution in [3.05, 3.63) is 56.3 Å². The maximum Gasteiger partial charge on any atom is 0.253 e. The highest BCUT2D eigenvalue weighted by Gasteiger charge is 2.21. The molecule has 0 radical (unpaired) electrons. The molecule has 0 spiro atoms. The minimum atomic E-state index is -0.977. The smallest absolute Gasteiger partial charge is 0.253 e. The molecule has 10 nitrogen and oxygen atoms in total. The number of rotatable bonds is 9. The molecule has 0 aliphatic carbocycles. The maximum absolute atomic E-state index is 12.2. The number of nitroso groups, excluding NO2 is 1. The normalized spacial score (nSPS) is 13.6. The highest BCUT2D eigenvalue weighted by Crippen LogP contribution is 2.12. The predicted molar refractivity (Wildman–Crippen MR) is 89.5 cm³/mol. The number of aromatic nitrogens is 1. The van der Waals surface area contributed by atoms with Gasteiger partial charge in [0.05, 0.1) is 11.1 Å². The van der Waals surface area contributed by atoms with Crippen LogP contribution in [0.3, 0.4) is 0 Å². The molecule has 0 bridgehead atoms. The second-order valence-corrected chi connectivity index (χ2v) is 5.22. The molecule has 1 heterocycles. The molecule has 0 aliphatic heterocycles. The van der Waals surface area contributed by atoms with Crippen molar-refractivity contribution in [2.45, 2.75) is 32.4 Å². The van der Waals surface area contributed by atoms with Crippen LogP contribution in [0.4, 0.5) is 0 Å². The van der Waals surface area contributed by atoms with E-state index < -0.39 is 28.8 Å². The van der Waals surface area contributed by atoms with E-state index in [1.165, 1.54) is 31.5 Å². The van der Waals surface area contributed by atoms with Crippen LogP contribution in [0.25, 0.3) is 0 Å². The number of hydrogen-bond donors (Lipinski definition) is 2. The van der Waals surface area contributed by atoms with Crippen molar-refractivity contribution < 1.29 is 14.5 Å². The number of hydrogen-bond acceptors (Lipinski definition) is 7. The van der Waals surface area contributed by atoms with Gasteiger partial charge in [-0.1, -0.05) is 12.1 Å². The molecular formula is C15H19N5O5. The topological polar surface area (TPSA) is 158 Å². The first-order valence-corrected chi connectivity index (χ1v) is 7.50. The SMILES string of the molecule is CCC(=CC(CNC(=O)c1cnccc1C(N)=O)N=O)C(C)[N+](=O)[O-]. The number of pyridine rings is 1. The van der Waals surface area contributed by atoms with E-state index in [4.69, 9.17) is 5.73 Å². The summed E-state index contributed by atoms with van der Waals surface area (Å²) in [5, 5.41) is 16.2. The van der Waals surface area contributed by atoms with Crippen LogP contribution < -0.4 is 11.1 Å². The van der Waals surface area contributed by atoms with E-state index in [9.17, 15) is 24.6 Å². The van der Waals surface area contributed by atoms with Crippen molar-refractivity contribution in [1.29, 1.82) is 0 Å². The van der Waals surface area contributed by atoms with Gasteiger partial charge in [0, 0.05) is 36.4 Å². The Morgan fingerprint density at radius 2 is 2.16 bits per heavy atom. The first-order chi connectivity index (χ1) is 11.8. The van der Waals surface area contributed by atoms with Gasteiger partial charge in [0.2, 0.25) is 11.9 Å². The largest absolute Gasteiger partial charge is 0.366 e. The zero-order valence-electron chi connectivity index (χ0n) is 13.8. The lowest BCUT2D eigenvalue weighted by molar-refractivity contribution is -0.508. The number of nitro groups is 1. The van der Waals surface area contributed by atoms with E-state index in [2.05, 4.69) is 15.5 Å². The highest BCUT2D eigenvalue weighted by molar-refractivity contribution is 6.06. The molecule has 1 aromatic heterocycles. The molecular weight excluding hydrogens is 330 g/mol. The molecule has 3 N–H and O–H groups in total. The Kier molecular flexibility index (Phi) is 7.32. The van der Waals surface area contributed by atoms with Gasteiger partial charge in [-0.2, -0.15) is 4.91 Å². The first-order valence-electron chi connectivity index (χ1n) is 7.50. The number of nitrogens with one attached hydrogen (secondary N) is 1. The van der Waals surface area contributed by atoms with E-state index in [-0.39, 0.29) is 17.7 Å². The molecule has 0 saturated heterocycles. The van der Waals surface area contributed by atoms with E-state index in [0.29, 0.717) is 12.0 Å². The molecule has 0 saturated carbocycles. The molecule has 1 aromatic rings. The first kappa shape index (κ1) is 19.9. The van der Waals surface area contributed by atoms with Gasteiger partial charge < -0.3 is 11.1 Å². The third-order valence-electron chi connectivity index (χ3n) is 3.61. The number of primary amides is 1. The summed E-state index contributed by atoms with van der Waals surface area (Å²) in [6, 6.07) is -0.625. The third kappa shape index (κ3) is 5.44.